The van der Waals surface area contributed by atoms with Gasteiger partial charge in [0.2, 0.25) is 0 Å². The van der Waals surface area contributed by atoms with E-state index in [1.165, 1.54) is 0 Å². The van der Waals surface area contributed by atoms with Gasteiger partial charge in [-0.15, -0.1) is 0 Å². The van der Waals surface area contributed by atoms with Crippen LogP contribution in [0.3, 0.4) is 0 Å². The number of hydrogen-bond acceptors (Lipinski definition) is 3. The van der Waals surface area contributed by atoms with Crippen molar-refractivity contribution in [2.24, 2.45) is 0 Å². The average molecular weight is 460 g/mol. The monoisotopic (exact) mass is 458 g/mol. The Balaban J connectivity index is 2.27. The molecule has 6 heteroatoms. The number of hydrogen-bond donors (Lipinski definition) is 1. The van der Waals surface area contributed by atoms with Gasteiger partial charge in [0.05, 0.1) is 0 Å². The summed E-state index contributed by atoms with van der Waals surface area (Å²) in [7, 11) is 0. The summed E-state index contributed by atoms with van der Waals surface area (Å²) in [4.78, 5) is 13.3. The van der Waals surface area contributed by atoms with Crippen molar-refractivity contribution in [1.82, 2.24) is 0 Å². The Bertz CT molecular complexity index is 699. The van der Waals surface area contributed by atoms with Crippen LogP contribution in [-0.4, -0.2) is 17.2 Å². The van der Waals surface area contributed by atoms with Gasteiger partial charge in [-0.2, -0.15) is 0 Å². The van der Waals surface area contributed by atoms with Crippen LogP contribution in [0, 0.1) is 6.92 Å². The first-order valence-electron chi connectivity index (χ1n) is 7.03. The van der Waals surface area contributed by atoms with E-state index in [2.05, 4.69) is 31.9 Å². The second kappa shape index (κ2) is 8.22. The molecule has 0 saturated carbocycles. The third kappa shape index (κ3) is 4.99. The Hall–Kier alpha value is -0.980. The van der Waals surface area contributed by atoms with Gasteiger partial charge in [-0.1, -0.05) is 56.6 Å². The van der Waals surface area contributed by atoms with Gasteiger partial charge in [0.15, 0.2) is 6.10 Å². The third-order valence-corrected chi connectivity index (χ3v) is 5.26. The van der Waals surface area contributed by atoms with E-state index in [0.29, 0.717) is 12.2 Å². The minimum absolute atomic E-state index is 0.421. The highest BCUT2D eigenvalue weighted by Gasteiger charge is 2.18. The van der Waals surface area contributed by atoms with Crippen molar-refractivity contribution in [3.63, 3.8) is 0 Å². The lowest BCUT2D eigenvalue weighted by Gasteiger charge is -2.17. The molecule has 2 aromatic rings. The lowest BCUT2D eigenvalue weighted by molar-refractivity contribution is -0.145. The van der Waals surface area contributed by atoms with Crippen LogP contribution in [0.15, 0.2) is 55.1 Å². The maximum atomic E-state index is 11.2. The van der Waals surface area contributed by atoms with E-state index in [4.69, 9.17) is 9.84 Å². The molecule has 2 rings (SSSR count). The molecule has 0 bridgehead atoms. The fourth-order valence-corrected chi connectivity index (χ4v) is 4.63. The smallest absolute Gasteiger partial charge is 0.344 e. The molecule has 0 radical (unpaired) electrons. The van der Waals surface area contributed by atoms with E-state index >= 15 is 0 Å². The molecule has 2 aromatic carbocycles. The number of halogens is 2. The number of rotatable bonds is 6. The van der Waals surface area contributed by atoms with Crippen molar-refractivity contribution in [2.75, 3.05) is 0 Å². The molecule has 23 heavy (non-hydrogen) atoms. The van der Waals surface area contributed by atoms with Gasteiger partial charge in [0.25, 0.3) is 0 Å². The fraction of sp³-hybridized carbons (Fsp3) is 0.235. The van der Waals surface area contributed by atoms with Gasteiger partial charge < -0.3 is 9.84 Å². The quantitative estimate of drug-likeness (QED) is 0.582. The third-order valence-electron chi connectivity index (χ3n) is 3.21. The summed E-state index contributed by atoms with van der Waals surface area (Å²) >= 11 is 8.58. The highest BCUT2D eigenvalue weighted by molar-refractivity contribution is 9.11. The second-order valence-electron chi connectivity index (χ2n) is 4.94. The van der Waals surface area contributed by atoms with Gasteiger partial charge >= 0.3 is 5.97 Å². The molecule has 1 N–H and O–H groups in total. The van der Waals surface area contributed by atoms with Gasteiger partial charge in [0.1, 0.15) is 5.75 Å². The Morgan fingerprint density at radius 1 is 1.26 bits per heavy atom. The van der Waals surface area contributed by atoms with Crippen molar-refractivity contribution in [3.8, 4) is 5.75 Å². The van der Waals surface area contributed by atoms with Crippen molar-refractivity contribution in [2.45, 2.75) is 36.2 Å². The first-order valence-corrected chi connectivity index (χ1v) is 9.44. The zero-order chi connectivity index (χ0) is 17.0. The summed E-state index contributed by atoms with van der Waals surface area (Å²) in [6.07, 6.45) is -0.404. The first kappa shape index (κ1) is 18.4. The number of carbonyl (C=O) groups is 1. The van der Waals surface area contributed by atoms with E-state index in [-0.39, 0.29) is 0 Å². The average Bonchev–Trinajstić information content (AvgIpc) is 2.46. The van der Waals surface area contributed by atoms with Crippen LogP contribution in [0.25, 0.3) is 0 Å². The van der Waals surface area contributed by atoms with Crippen LogP contribution in [0.4, 0.5) is 0 Å². The molecule has 0 saturated heterocycles. The highest BCUT2D eigenvalue weighted by Crippen LogP contribution is 2.37. The summed E-state index contributed by atoms with van der Waals surface area (Å²) in [5.74, 6) is -0.334. The van der Waals surface area contributed by atoms with Gasteiger partial charge in [0, 0.05) is 24.3 Å². The maximum Gasteiger partial charge on any atom is 0.344 e. The summed E-state index contributed by atoms with van der Waals surface area (Å²) in [5, 5.41) is 9.15. The molecular weight excluding hydrogens is 444 g/mol. The summed E-state index contributed by atoms with van der Waals surface area (Å²) in [6, 6.07) is 11.7. The number of carboxylic acids is 1. The van der Waals surface area contributed by atoms with Crippen LogP contribution in [-0.2, 0) is 4.79 Å². The molecule has 3 nitrogen and oxygen atoms in total. The molecule has 1 unspecified atom stereocenters. The first-order chi connectivity index (χ1) is 10.9. The number of carboxylic acid groups (broad SMARTS) is 1. The van der Waals surface area contributed by atoms with Crippen molar-refractivity contribution >= 4 is 49.6 Å². The largest absolute Gasteiger partial charge is 0.479 e. The Morgan fingerprint density at radius 3 is 2.48 bits per heavy atom. The summed E-state index contributed by atoms with van der Waals surface area (Å²) in [5.41, 5.74) is 0.938. The number of benzene rings is 2. The minimum atomic E-state index is -0.944. The van der Waals surface area contributed by atoms with Crippen molar-refractivity contribution in [1.29, 1.82) is 0 Å². The van der Waals surface area contributed by atoms with E-state index in [9.17, 15) is 4.79 Å². The molecule has 1 atom stereocenters. The Morgan fingerprint density at radius 2 is 1.91 bits per heavy atom. The lowest BCUT2D eigenvalue weighted by Crippen LogP contribution is -2.26. The zero-order valence-electron chi connectivity index (χ0n) is 12.7. The topological polar surface area (TPSA) is 46.5 Å². The second-order valence-corrected chi connectivity index (χ2v) is 7.89. The minimum Gasteiger partial charge on any atom is -0.479 e. The fourth-order valence-electron chi connectivity index (χ4n) is 2.01. The van der Waals surface area contributed by atoms with Crippen LogP contribution in [0.2, 0.25) is 0 Å². The highest BCUT2D eigenvalue weighted by atomic mass is 79.9. The molecule has 0 aliphatic rings. The number of ether oxygens (including phenoxy) is 1. The molecule has 0 spiro atoms. The Labute approximate surface area is 156 Å². The SMILES string of the molecule is CCC(Oc1cccc(Sc2cc(Br)cc(Br)c2)c1C)C(=O)O. The molecule has 0 fully saturated rings. The van der Waals surface area contributed by atoms with Crippen LogP contribution in [0.1, 0.15) is 18.9 Å². The molecule has 0 amide bonds. The maximum absolute atomic E-state index is 11.2. The Kier molecular flexibility index (Phi) is 6.56. The van der Waals surface area contributed by atoms with Crippen molar-refractivity contribution in [3.05, 3.63) is 50.9 Å². The normalized spacial score (nSPS) is 12.0. The molecule has 0 aliphatic carbocycles. The van der Waals surface area contributed by atoms with Gasteiger partial charge in [-0.25, -0.2) is 4.79 Å². The van der Waals surface area contributed by atoms with Gasteiger partial charge in [-0.3, -0.25) is 0 Å². The molecular formula is C17H16Br2O3S. The predicted molar refractivity (Wildman–Crippen MR) is 99.5 cm³/mol. The van der Waals surface area contributed by atoms with E-state index in [1.807, 2.05) is 43.3 Å². The molecule has 0 aromatic heterocycles. The standard InChI is InChI=1S/C17H16Br2O3S/c1-3-14(17(20)21)22-15-5-4-6-16(10(15)2)23-13-8-11(18)7-12(19)9-13/h4-9,14H,3H2,1-2H3,(H,20,21). The summed E-state index contributed by atoms with van der Waals surface area (Å²) < 4.78 is 7.64. The molecule has 0 aliphatic heterocycles. The summed E-state index contributed by atoms with van der Waals surface area (Å²) in [6.45, 7) is 3.74. The van der Waals surface area contributed by atoms with Gasteiger partial charge in [-0.05, 0) is 43.7 Å². The van der Waals surface area contributed by atoms with Crippen LogP contribution >= 0.6 is 43.6 Å². The molecule has 122 valence electrons. The molecule has 0 heterocycles. The predicted octanol–water partition coefficient (Wildman–Crippen LogP) is 5.91. The van der Waals surface area contributed by atoms with Crippen molar-refractivity contribution < 1.29 is 14.6 Å². The van der Waals surface area contributed by atoms with E-state index < -0.39 is 12.1 Å². The van der Waals surface area contributed by atoms with Crippen LogP contribution in [0.5, 0.6) is 5.75 Å². The van der Waals surface area contributed by atoms with E-state index in [0.717, 1.165) is 24.3 Å². The van der Waals surface area contributed by atoms with E-state index in [1.54, 1.807) is 18.7 Å². The van der Waals surface area contributed by atoms with Crippen LogP contribution < -0.4 is 4.74 Å². The zero-order valence-corrected chi connectivity index (χ0v) is 16.7. The number of aliphatic carboxylic acids is 1. The lowest BCUT2D eigenvalue weighted by atomic mass is 10.2.